The van der Waals surface area contributed by atoms with Gasteiger partial charge in [0.2, 0.25) is 0 Å². The molecule has 0 saturated heterocycles. The van der Waals surface area contributed by atoms with Gasteiger partial charge in [-0.3, -0.25) is 9.36 Å². The van der Waals surface area contributed by atoms with Crippen LogP contribution in [-0.2, 0) is 16.1 Å². The van der Waals surface area contributed by atoms with Gasteiger partial charge >= 0.3 is 5.97 Å². The molecule has 1 aliphatic heterocycles. The van der Waals surface area contributed by atoms with Crippen molar-refractivity contribution < 1.29 is 18.7 Å². The number of ether oxygens (including phenoxy) is 2. The van der Waals surface area contributed by atoms with Crippen molar-refractivity contribution >= 4 is 50.9 Å². The van der Waals surface area contributed by atoms with E-state index < -0.39 is 12.0 Å². The van der Waals surface area contributed by atoms with E-state index in [-0.39, 0.29) is 24.6 Å². The number of halogens is 3. The zero-order valence-corrected chi connectivity index (χ0v) is 25.6. The molecule has 4 aromatic rings. The summed E-state index contributed by atoms with van der Waals surface area (Å²) in [5.41, 5.74) is 3.73. The highest BCUT2D eigenvalue weighted by Gasteiger charge is 2.33. The third kappa shape index (κ3) is 6.07. The number of carbonyl (C=O) groups excluding carboxylic acids is 1. The maximum atomic E-state index is 13.8. The Bertz CT molecular complexity index is 1840. The zero-order chi connectivity index (χ0) is 29.3. The van der Waals surface area contributed by atoms with E-state index in [0.717, 1.165) is 11.1 Å². The summed E-state index contributed by atoms with van der Waals surface area (Å²) in [7, 11) is 0. The number of esters is 1. The molecule has 0 radical (unpaired) electrons. The molecule has 0 unspecified atom stereocenters. The summed E-state index contributed by atoms with van der Waals surface area (Å²) in [4.78, 5) is 32.0. The molecule has 3 aromatic carbocycles. The molecule has 5 rings (SSSR count). The molecule has 6 nitrogen and oxygen atoms in total. The molecule has 210 valence electrons. The van der Waals surface area contributed by atoms with E-state index in [1.54, 1.807) is 48.8 Å². The number of fused-ring (bicyclic) bond motifs is 1. The second-order valence-corrected chi connectivity index (χ2v) is 11.7. The number of carbonyl (C=O) groups is 1. The van der Waals surface area contributed by atoms with Crippen LogP contribution in [0.2, 0.25) is 5.02 Å². The van der Waals surface area contributed by atoms with Crippen LogP contribution in [0.4, 0.5) is 4.39 Å². The first-order valence-corrected chi connectivity index (χ1v) is 14.8. The fourth-order valence-electron chi connectivity index (χ4n) is 4.59. The number of hydrogen-bond acceptors (Lipinski definition) is 6. The lowest BCUT2D eigenvalue weighted by atomic mass is 9.95. The molecule has 0 N–H and O–H groups in total. The molecule has 1 aromatic heterocycles. The molecule has 0 spiro atoms. The van der Waals surface area contributed by atoms with Crippen LogP contribution in [0.25, 0.3) is 6.08 Å². The summed E-state index contributed by atoms with van der Waals surface area (Å²) in [6.45, 7) is 5.81. The summed E-state index contributed by atoms with van der Waals surface area (Å²) < 4.78 is 27.3. The van der Waals surface area contributed by atoms with Gasteiger partial charge in [-0.25, -0.2) is 14.2 Å². The monoisotopic (exact) mass is 654 g/mol. The van der Waals surface area contributed by atoms with Gasteiger partial charge in [0.15, 0.2) is 10.6 Å². The molecule has 41 heavy (non-hydrogen) atoms. The predicted octanol–water partition coefficient (Wildman–Crippen LogP) is 6.24. The van der Waals surface area contributed by atoms with Gasteiger partial charge in [-0.05, 0) is 83.7 Å². The fourth-order valence-corrected chi connectivity index (χ4v) is 6.63. The van der Waals surface area contributed by atoms with Gasteiger partial charge in [-0.15, -0.1) is 0 Å². The highest BCUT2D eigenvalue weighted by Crippen LogP contribution is 2.35. The Hall–Kier alpha value is -3.53. The van der Waals surface area contributed by atoms with Crippen LogP contribution < -0.4 is 19.6 Å². The molecule has 0 bridgehead atoms. The molecular formula is C31H25BrClFN2O4S. The summed E-state index contributed by atoms with van der Waals surface area (Å²) in [6, 6.07) is 16.7. The van der Waals surface area contributed by atoms with Crippen LogP contribution in [0.15, 0.2) is 86.2 Å². The standard InChI is InChI=1S/C31H25BrClFN2O4S/c1-4-39-30(38)26-18(3)35-31-36(27(26)21-10-8-17(2)9-11-21)29(37)25(41-31)15-20-13-23(32)28(24(33)14-20)40-16-19-6-5-7-22(34)12-19/h5-15,27H,4,16H2,1-3H3/b25-15+/t27-/m0/s1. The van der Waals surface area contributed by atoms with Crippen LogP contribution in [0.5, 0.6) is 5.75 Å². The van der Waals surface area contributed by atoms with E-state index in [9.17, 15) is 14.0 Å². The largest absolute Gasteiger partial charge is 0.486 e. The number of aryl methyl sites for hydroxylation is 1. The van der Waals surface area contributed by atoms with Crippen molar-refractivity contribution in [2.45, 2.75) is 33.4 Å². The van der Waals surface area contributed by atoms with Crippen LogP contribution in [-0.4, -0.2) is 17.1 Å². The van der Waals surface area contributed by atoms with Gasteiger partial charge in [-0.1, -0.05) is 64.9 Å². The number of rotatable bonds is 7. The Morgan fingerprint density at radius 3 is 2.61 bits per heavy atom. The highest BCUT2D eigenvalue weighted by atomic mass is 79.9. The van der Waals surface area contributed by atoms with Gasteiger partial charge in [0.1, 0.15) is 12.4 Å². The second kappa shape index (κ2) is 12.1. The van der Waals surface area contributed by atoms with Gasteiger partial charge < -0.3 is 9.47 Å². The first-order chi connectivity index (χ1) is 19.7. The molecule has 10 heteroatoms. The van der Waals surface area contributed by atoms with Crippen LogP contribution in [0.1, 0.15) is 42.1 Å². The first-order valence-electron chi connectivity index (χ1n) is 12.8. The van der Waals surface area contributed by atoms with Crippen molar-refractivity contribution in [3.8, 4) is 5.75 Å². The van der Waals surface area contributed by atoms with Gasteiger partial charge in [-0.2, -0.15) is 0 Å². The number of hydrogen-bond donors (Lipinski definition) is 0. The van der Waals surface area contributed by atoms with Crippen LogP contribution in [0, 0.1) is 12.7 Å². The van der Waals surface area contributed by atoms with Crippen molar-refractivity contribution in [2.24, 2.45) is 4.99 Å². The lowest BCUT2D eigenvalue weighted by Gasteiger charge is -2.24. The van der Waals surface area contributed by atoms with Crippen LogP contribution in [0.3, 0.4) is 0 Å². The number of allylic oxidation sites excluding steroid dienone is 1. The molecule has 1 atom stereocenters. The van der Waals surface area contributed by atoms with Gasteiger partial charge in [0, 0.05) is 0 Å². The van der Waals surface area contributed by atoms with Crippen molar-refractivity contribution in [3.05, 3.63) is 129 Å². The molecule has 0 amide bonds. The quantitative estimate of drug-likeness (QED) is 0.221. The summed E-state index contributed by atoms with van der Waals surface area (Å²) >= 11 is 11.3. The topological polar surface area (TPSA) is 69.9 Å². The smallest absolute Gasteiger partial charge is 0.338 e. The Labute approximate surface area is 253 Å². The normalized spacial score (nSPS) is 15.0. The summed E-state index contributed by atoms with van der Waals surface area (Å²) in [6.07, 6.45) is 1.73. The SMILES string of the molecule is CCOC(=O)C1=C(C)N=c2s/c(=C/c3cc(Cl)c(OCc4cccc(F)c4)c(Br)c3)c(=O)n2[C@H]1c1ccc(C)cc1. The fraction of sp³-hybridized carbons (Fsp3) is 0.194. The van der Waals surface area contributed by atoms with Crippen molar-refractivity contribution in [2.75, 3.05) is 6.61 Å². The Balaban J connectivity index is 1.55. The van der Waals surface area contributed by atoms with Crippen molar-refractivity contribution in [1.82, 2.24) is 4.57 Å². The van der Waals surface area contributed by atoms with Crippen molar-refractivity contribution in [3.63, 3.8) is 0 Å². The Morgan fingerprint density at radius 2 is 1.93 bits per heavy atom. The maximum Gasteiger partial charge on any atom is 0.338 e. The third-order valence-electron chi connectivity index (χ3n) is 6.50. The molecule has 0 aliphatic carbocycles. The summed E-state index contributed by atoms with van der Waals surface area (Å²) in [5.74, 6) is -0.441. The Morgan fingerprint density at radius 1 is 1.17 bits per heavy atom. The molecular weight excluding hydrogens is 631 g/mol. The van der Waals surface area contributed by atoms with E-state index in [1.807, 2.05) is 31.2 Å². The second-order valence-electron chi connectivity index (χ2n) is 9.45. The lowest BCUT2D eigenvalue weighted by molar-refractivity contribution is -0.139. The minimum atomic E-state index is -0.679. The van der Waals surface area contributed by atoms with E-state index in [0.29, 0.717) is 47.0 Å². The van der Waals surface area contributed by atoms with E-state index in [1.165, 1.54) is 23.5 Å². The minimum absolute atomic E-state index is 0.134. The number of nitrogens with zero attached hydrogens (tertiary/aromatic N) is 2. The first kappa shape index (κ1) is 29.0. The molecule has 2 heterocycles. The Kier molecular flexibility index (Phi) is 8.58. The highest BCUT2D eigenvalue weighted by molar-refractivity contribution is 9.10. The van der Waals surface area contributed by atoms with E-state index in [2.05, 4.69) is 20.9 Å². The summed E-state index contributed by atoms with van der Waals surface area (Å²) in [5, 5.41) is 0.327. The molecule has 0 fully saturated rings. The number of aromatic nitrogens is 1. The molecule has 1 aliphatic rings. The van der Waals surface area contributed by atoms with Crippen LogP contribution >= 0.6 is 38.9 Å². The minimum Gasteiger partial charge on any atom is -0.486 e. The third-order valence-corrected chi connectivity index (χ3v) is 8.35. The lowest BCUT2D eigenvalue weighted by Crippen LogP contribution is -2.39. The average Bonchev–Trinajstić information content (AvgIpc) is 3.22. The number of benzene rings is 3. The van der Waals surface area contributed by atoms with Crippen molar-refractivity contribution in [1.29, 1.82) is 0 Å². The predicted molar refractivity (Wildman–Crippen MR) is 161 cm³/mol. The van der Waals surface area contributed by atoms with Gasteiger partial charge in [0.05, 0.1) is 37.9 Å². The van der Waals surface area contributed by atoms with E-state index >= 15 is 0 Å². The maximum absolute atomic E-state index is 13.8. The van der Waals surface area contributed by atoms with E-state index in [4.69, 9.17) is 21.1 Å². The van der Waals surface area contributed by atoms with Gasteiger partial charge in [0.25, 0.3) is 5.56 Å². The average molecular weight is 656 g/mol. The number of thiazole rings is 1. The zero-order valence-electron chi connectivity index (χ0n) is 22.4. The molecule has 0 saturated carbocycles.